The lowest BCUT2D eigenvalue weighted by atomic mass is 10.2. The van der Waals surface area contributed by atoms with Gasteiger partial charge in [0.2, 0.25) is 0 Å². The molecule has 152 valence electrons. The normalized spacial score (nSPS) is 13.1. The summed E-state index contributed by atoms with van der Waals surface area (Å²) in [6.07, 6.45) is 2.24. The van der Waals surface area contributed by atoms with Gasteiger partial charge in [-0.1, -0.05) is 18.2 Å². The van der Waals surface area contributed by atoms with Gasteiger partial charge in [-0.3, -0.25) is 25.4 Å². The maximum absolute atomic E-state index is 12.3. The van der Waals surface area contributed by atoms with Crippen molar-refractivity contribution >= 4 is 23.2 Å². The fourth-order valence-corrected chi connectivity index (χ4v) is 3.03. The molecule has 0 spiro atoms. The van der Waals surface area contributed by atoms with Gasteiger partial charge in [0.1, 0.15) is 0 Å². The molecule has 0 saturated carbocycles. The average Bonchev–Trinajstić information content (AvgIpc) is 3.38. The van der Waals surface area contributed by atoms with Gasteiger partial charge in [-0.05, 0) is 43.3 Å². The molecule has 0 bridgehead atoms. The van der Waals surface area contributed by atoms with Crippen molar-refractivity contribution in [2.75, 3.05) is 11.6 Å². The lowest BCUT2D eigenvalue weighted by Crippen LogP contribution is -2.41. The van der Waals surface area contributed by atoms with E-state index in [0.29, 0.717) is 11.3 Å². The summed E-state index contributed by atoms with van der Waals surface area (Å²) in [7, 11) is 0. The minimum Gasteiger partial charge on any atom is -0.504 e. The molecule has 30 heavy (non-hydrogen) atoms. The van der Waals surface area contributed by atoms with Gasteiger partial charge in [-0.2, -0.15) is 10.2 Å². The highest BCUT2D eigenvalue weighted by atomic mass is 16.3. The number of carbonyl (C=O) groups is 2. The molecule has 0 aliphatic carbocycles. The first kappa shape index (κ1) is 19.2. The van der Waals surface area contributed by atoms with Crippen LogP contribution < -0.4 is 15.9 Å². The molecular formula is C21H20N6O3. The Morgan fingerprint density at radius 1 is 0.967 bits per heavy atom. The minimum absolute atomic E-state index is 0.197. The Balaban J connectivity index is 1.38. The minimum atomic E-state index is -0.728. The number of nitrogens with one attached hydrogen (secondary N) is 2. The first-order valence-electron chi connectivity index (χ1n) is 9.37. The largest absolute Gasteiger partial charge is 0.504 e. The number of hydrazone groups is 1. The molecule has 0 unspecified atom stereocenters. The summed E-state index contributed by atoms with van der Waals surface area (Å²) >= 11 is 0. The molecule has 2 amide bonds. The van der Waals surface area contributed by atoms with Gasteiger partial charge in [0.15, 0.2) is 11.4 Å². The third kappa shape index (κ3) is 4.00. The van der Waals surface area contributed by atoms with E-state index in [2.05, 4.69) is 21.1 Å². The summed E-state index contributed by atoms with van der Waals surface area (Å²) in [4.78, 5) is 24.6. The van der Waals surface area contributed by atoms with Crippen LogP contribution in [0.2, 0.25) is 0 Å². The van der Waals surface area contributed by atoms with E-state index in [1.54, 1.807) is 36.4 Å². The van der Waals surface area contributed by atoms with Crippen molar-refractivity contribution in [2.24, 2.45) is 5.10 Å². The Kier molecular flexibility index (Phi) is 5.17. The van der Waals surface area contributed by atoms with E-state index in [1.165, 1.54) is 10.9 Å². The van der Waals surface area contributed by atoms with E-state index in [-0.39, 0.29) is 11.4 Å². The van der Waals surface area contributed by atoms with Crippen LogP contribution in [0, 0.1) is 0 Å². The summed E-state index contributed by atoms with van der Waals surface area (Å²) in [6, 6.07) is 16.0. The van der Waals surface area contributed by atoms with E-state index >= 15 is 0 Å². The SMILES string of the molecule is CC1=NN(c2ccc(C(=O)NNC(=O)c3nn(-c4ccccc4)cc3O)cc2)CC1. The van der Waals surface area contributed by atoms with Crippen molar-refractivity contribution in [1.82, 2.24) is 20.6 Å². The number of nitrogens with zero attached hydrogens (tertiary/aromatic N) is 4. The number of aromatic nitrogens is 2. The van der Waals surface area contributed by atoms with Crippen LogP contribution in [0.3, 0.4) is 0 Å². The summed E-state index contributed by atoms with van der Waals surface area (Å²) in [5.74, 6) is -1.51. The number of para-hydroxylation sites is 1. The van der Waals surface area contributed by atoms with Crippen LogP contribution in [0.15, 0.2) is 65.9 Å². The third-order valence-electron chi connectivity index (χ3n) is 4.62. The topological polar surface area (TPSA) is 112 Å². The predicted molar refractivity (Wildman–Crippen MR) is 112 cm³/mol. The second-order valence-corrected chi connectivity index (χ2v) is 6.81. The van der Waals surface area contributed by atoms with E-state index in [9.17, 15) is 14.7 Å². The van der Waals surface area contributed by atoms with Crippen molar-refractivity contribution in [3.05, 3.63) is 72.1 Å². The zero-order chi connectivity index (χ0) is 21.1. The summed E-state index contributed by atoms with van der Waals surface area (Å²) in [5, 5.41) is 20.4. The number of hydrazine groups is 1. The Labute approximate surface area is 172 Å². The van der Waals surface area contributed by atoms with Gasteiger partial charge < -0.3 is 5.11 Å². The molecule has 2 aromatic carbocycles. The molecule has 4 rings (SSSR count). The average molecular weight is 404 g/mol. The third-order valence-corrected chi connectivity index (χ3v) is 4.62. The van der Waals surface area contributed by atoms with Crippen LogP contribution in [0.25, 0.3) is 5.69 Å². The van der Waals surface area contributed by atoms with Crippen LogP contribution in [0.5, 0.6) is 5.75 Å². The molecule has 3 N–H and O–H groups in total. The lowest BCUT2D eigenvalue weighted by Gasteiger charge is -2.14. The highest BCUT2D eigenvalue weighted by molar-refractivity contribution is 5.99. The smallest absolute Gasteiger partial charge is 0.294 e. The number of benzene rings is 2. The zero-order valence-corrected chi connectivity index (χ0v) is 16.2. The van der Waals surface area contributed by atoms with Crippen molar-refractivity contribution in [2.45, 2.75) is 13.3 Å². The first-order chi connectivity index (χ1) is 14.5. The van der Waals surface area contributed by atoms with Gasteiger partial charge in [-0.25, -0.2) is 4.68 Å². The van der Waals surface area contributed by atoms with E-state index in [4.69, 9.17) is 0 Å². The van der Waals surface area contributed by atoms with Crippen LogP contribution in [-0.2, 0) is 0 Å². The van der Waals surface area contributed by atoms with Crippen LogP contribution in [0.4, 0.5) is 5.69 Å². The summed E-state index contributed by atoms with van der Waals surface area (Å²) in [6.45, 7) is 2.79. The van der Waals surface area contributed by atoms with Gasteiger partial charge in [0, 0.05) is 24.2 Å². The second-order valence-electron chi connectivity index (χ2n) is 6.81. The molecule has 0 fully saturated rings. The van der Waals surface area contributed by atoms with Crippen LogP contribution >= 0.6 is 0 Å². The lowest BCUT2D eigenvalue weighted by molar-refractivity contribution is 0.0842. The fraction of sp³-hybridized carbons (Fsp3) is 0.143. The maximum Gasteiger partial charge on any atom is 0.294 e. The molecule has 0 saturated heterocycles. The molecule has 1 aliphatic rings. The molecule has 3 aromatic rings. The molecule has 0 radical (unpaired) electrons. The molecule has 1 aliphatic heterocycles. The van der Waals surface area contributed by atoms with Crippen molar-refractivity contribution in [3.63, 3.8) is 0 Å². The number of rotatable bonds is 4. The number of amides is 2. The maximum atomic E-state index is 12.3. The number of carbonyl (C=O) groups excluding carboxylic acids is 2. The highest BCUT2D eigenvalue weighted by Crippen LogP contribution is 2.20. The summed E-state index contributed by atoms with van der Waals surface area (Å²) < 4.78 is 1.38. The number of aromatic hydroxyl groups is 1. The molecule has 2 heterocycles. The van der Waals surface area contributed by atoms with Crippen molar-refractivity contribution < 1.29 is 14.7 Å². The standard InChI is InChI=1S/C21H20N6O3/c1-14-11-12-26(24-14)17-9-7-15(8-10-17)20(29)22-23-21(30)19-18(28)13-27(25-19)16-5-3-2-4-6-16/h2-10,13,28H,11-12H2,1H3,(H,22,29)(H,23,30). The molecule has 1 aromatic heterocycles. The highest BCUT2D eigenvalue weighted by Gasteiger charge is 2.18. The van der Waals surface area contributed by atoms with Crippen molar-refractivity contribution in [1.29, 1.82) is 0 Å². The van der Waals surface area contributed by atoms with Gasteiger partial charge >= 0.3 is 0 Å². The monoisotopic (exact) mass is 404 g/mol. The first-order valence-corrected chi connectivity index (χ1v) is 9.37. The van der Waals surface area contributed by atoms with Gasteiger partial charge in [-0.15, -0.1) is 0 Å². The molecular weight excluding hydrogens is 384 g/mol. The van der Waals surface area contributed by atoms with Gasteiger partial charge in [0.05, 0.1) is 17.6 Å². The number of hydrogen-bond donors (Lipinski definition) is 3. The Morgan fingerprint density at radius 3 is 2.33 bits per heavy atom. The predicted octanol–water partition coefficient (Wildman–Crippen LogP) is 2.24. The number of anilines is 1. The molecule has 9 heteroatoms. The molecule has 0 atom stereocenters. The Morgan fingerprint density at radius 2 is 1.67 bits per heavy atom. The van der Waals surface area contributed by atoms with Gasteiger partial charge in [0.25, 0.3) is 11.8 Å². The van der Waals surface area contributed by atoms with Crippen molar-refractivity contribution in [3.8, 4) is 11.4 Å². The quantitative estimate of drug-likeness (QED) is 0.578. The Hall–Kier alpha value is -4.14. The second kappa shape index (κ2) is 8.08. The fourth-order valence-electron chi connectivity index (χ4n) is 3.03. The molecule has 9 nitrogen and oxygen atoms in total. The number of hydrogen-bond acceptors (Lipinski definition) is 6. The van der Waals surface area contributed by atoms with E-state index < -0.39 is 11.8 Å². The van der Waals surface area contributed by atoms with E-state index in [1.807, 2.05) is 30.1 Å². The summed E-state index contributed by atoms with van der Waals surface area (Å²) in [5.41, 5.74) is 7.42. The zero-order valence-electron chi connectivity index (χ0n) is 16.2. The Bertz CT molecular complexity index is 1110. The van der Waals surface area contributed by atoms with Crippen LogP contribution in [0.1, 0.15) is 34.2 Å². The van der Waals surface area contributed by atoms with Crippen LogP contribution in [-0.4, -0.2) is 39.0 Å². The van der Waals surface area contributed by atoms with E-state index in [0.717, 1.165) is 24.4 Å².